The molecular formula is C18H24N4O3. The van der Waals surface area contributed by atoms with E-state index in [9.17, 15) is 4.79 Å². The lowest BCUT2D eigenvalue weighted by molar-refractivity contribution is 0.0514. The molecule has 0 N–H and O–H groups in total. The van der Waals surface area contributed by atoms with Crippen LogP contribution < -0.4 is 4.90 Å². The van der Waals surface area contributed by atoms with Gasteiger partial charge in [0.1, 0.15) is 11.4 Å². The minimum Gasteiger partial charge on any atom is -0.442 e. The molecule has 2 aromatic rings. The van der Waals surface area contributed by atoms with Gasteiger partial charge in [0.25, 0.3) is 0 Å². The number of anilines is 1. The van der Waals surface area contributed by atoms with Crippen molar-refractivity contribution in [2.75, 3.05) is 31.2 Å². The Balaban J connectivity index is 1.84. The van der Waals surface area contributed by atoms with Crippen molar-refractivity contribution < 1.29 is 14.3 Å². The van der Waals surface area contributed by atoms with Crippen molar-refractivity contribution in [1.82, 2.24) is 14.8 Å². The molecule has 0 atom stereocenters. The highest BCUT2D eigenvalue weighted by Gasteiger charge is 2.19. The molecule has 0 aromatic carbocycles. The maximum absolute atomic E-state index is 12.1. The van der Waals surface area contributed by atoms with E-state index in [4.69, 9.17) is 14.5 Å². The molecule has 2 aromatic heterocycles. The molecule has 0 saturated carbocycles. The second-order valence-electron chi connectivity index (χ2n) is 7.14. The fourth-order valence-electron chi connectivity index (χ4n) is 2.61. The zero-order valence-corrected chi connectivity index (χ0v) is 15.2. The van der Waals surface area contributed by atoms with Gasteiger partial charge in [0, 0.05) is 24.8 Å². The summed E-state index contributed by atoms with van der Waals surface area (Å²) in [7, 11) is 0. The van der Waals surface area contributed by atoms with Crippen LogP contribution in [0.25, 0.3) is 11.3 Å². The first-order valence-corrected chi connectivity index (χ1v) is 8.42. The van der Waals surface area contributed by atoms with Gasteiger partial charge in [0.05, 0.1) is 25.1 Å². The number of rotatable bonds is 2. The Morgan fingerprint density at radius 2 is 1.96 bits per heavy atom. The normalized spacial score (nSPS) is 15.3. The van der Waals surface area contributed by atoms with Gasteiger partial charge in [-0.05, 0) is 45.4 Å². The zero-order valence-electron chi connectivity index (χ0n) is 15.2. The topological polar surface area (TPSA) is 69.5 Å². The second kappa shape index (κ2) is 6.84. The summed E-state index contributed by atoms with van der Waals surface area (Å²) >= 11 is 0. The Hall–Kier alpha value is -2.41. The number of ether oxygens (including phenoxy) is 2. The van der Waals surface area contributed by atoms with E-state index in [1.165, 1.54) is 4.68 Å². The molecule has 7 nitrogen and oxygen atoms in total. The van der Waals surface area contributed by atoms with E-state index in [1.807, 2.05) is 33.8 Å². The summed E-state index contributed by atoms with van der Waals surface area (Å²) in [4.78, 5) is 19.1. The molecule has 0 aliphatic carbocycles. The minimum atomic E-state index is -0.561. The molecule has 134 valence electrons. The first-order valence-electron chi connectivity index (χ1n) is 8.42. The molecule has 3 heterocycles. The summed E-state index contributed by atoms with van der Waals surface area (Å²) in [6.45, 7) is 10.6. The third-order valence-electron chi connectivity index (χ3n) is 3.75. The molecule has 0 radical (unpaired) electrons. The SMILES string of the molecule is Cc1cc(-c2cnn(C(=O)OC(C)(C)C)c2)nc(N2CCOCC2)c1. The van der Waals surface area contributed by atoms with Crippen molar-refractivity contribution in [3.8, 4) is 11.3 Å². The Morgan fingerprint density at radius 3 is 2.64 bits per heavy atom. The smallest absolute Gasteiger partial charge is 0.435 e. The molecule has 1 saturated heterocycles. The van der Waals surface area contributed by atoms with Crippen LogP contribution in [0.1, 0.15) is 26.3 Å². The Labute approximate surface area is 147 Å². The highest BCUT2D eigenvalue weighted by atomic mass is 16.6. The van der Waals surface area contributed by atoms with Crippen molar-refractivity contribution in [3.05, 3.63) is 30.1 Å². The third kappa shape index (κ3) is 4.36. The number of hydrogen-bond donors (Lipinski definition) is 0. The number of carbonyl (C=O) groups excluding carboxylic acids is 1. The summed E-state index contributed by atoms with van der Waals surface area (Å²) in [5.74, 6) is 0.920. The van der Waals surface area contributed by atoms with Gasteiger partial charge in [0.15, 0.2) is 0 Å². The van der Waals surface area contributed by atoms with Crippen LogP contribution >= 0.6 is 0 Å². The average molecular weight is 344 g/mol. The van der Waals surface area contributed by atoms with Crippen LogP contribution in [0.5, 0.6) is 0 Å². The lowest BCUT2D eigenvalue weighted by atomic mass is 10.1. The van der Waals surface area contributed by atoms with Gasteiger partial charge in [-0.15, -0.1) is 0 Å². The lowest BCUT2D eigenvalue weighted by Gasteiger charge is -2.28. The number of nitrogens with zero attached hydrogens (tertiary/aromatic N) is 4. The van der Waals surface area contributed by atoms with Crippen molar-refractivity contribution in [2.24, 2.45) is 0 Å². The van der Waals surface area contributed by atoms with Gasteiger partial charge < -0.3 is 14.4 Å². The minimum absolute atomic E-state index is 0.500. The second-order valence-corrected chi connectivity index (χ2v) is 7.14. The summed E-state index contributed by atoms with van der Waals surface area (Å²) in [6, 6.07) is 4.05. The van der Waals surface area contributed by atoms with E-state index in [-0.39, 0.29) is 0 Å². The van der Waals surface area contributed by atoms with E-state index in [0.717, 1.165) is 35.7 Å². The van der Waals surface area contributed by atoms with Crippen LogP contribution in [0, 0.1) is 6.92 Å². The quantitative estimate of drug-likeness (QED) is 0.834. The molecule has 1 aliphatic heterocycles. The van der Waals surface area contributed by atoms with Crippen molar-refractivity contribution >= 4 is 11.9 Å². The van der Waals surface area contributed by atoms with Crippen LogP contribution in [-0.4, -0.2) is 52.8 Å². The molecular weight excluding hydrogens is 320 g/mol. The molecule has 0 amide bonds. The first kappa shape index (κ1) is 17.4. The van der Waals surface area contributed by atoms with E-state index in [2.05, 4.69) is 16.1 Å². The number of aryl methyl sites for hydroxylation is 1. The Kier molecular flexibility index (Phi) is 4.76. The van der Waals surface area contributed by atoms with E-state index in [0.29, 0.717) is 13.2 Å². The van der Waals surface area contributed by atoms with E-state index < -0.39 is 11.7 Å². The van der Waals surface area contributed by atoms with Crippen LogP contribution in [0.3, 0.4) is 0 Å². The number of pyridine rings is 1. The number of hydrogen-bond acceptors (Lipinski definition) is 6. The van der Waals surface area contributed by atoms with Crippen molar-refractivity contribution in [3.63, 3.8) is 0 Å². The first-order chi connectivity index (χ1) is 11.8. The van der Waals surface area contributed by atoms with Gasteiger partial charge in [-0.2, -0.15) is 9.78 Å². The predicted octanol–water partition coefficient (Wildman–Crippen LogP) is 2.87. The fraction of sp³-hybridized carbons (Fsp3) is 0.500. The average Bonchev–Trinajstić information content (AvgIpc) is 3.04. The standard InChI is InChI=1S/C18H24N4O3/c1-13-9-15(20-16(10-13)21-5-7-24-8-6-21)14-11-19-22(12-14)17(23)25-18(2,3)4/h9-12H,5-8H2,1-4H3. The van der Waals surface area contributed by atoms with Gasteiger partial charge in [-0.3, -0.25) is 0 Å². The third-order valence-corrected chi connectivity index (χ3v) is 3.75. The van der Waals surface area contributed by atoms with Crippen molar-refractivity contribution in [2.45, 2.75) is 33.3 Å². The van der Waals surface area contributed by atoms with Gasteiger partial charge in [-0.1, -0.05) is 0 Å². The number of morpholine rings is 1. The lowest BCUT2D eigenvalue weighted by Crippen LogP contribution is -2.36. The summed E-state index contributed by atoms with van der Waals surface area (Å²) in [6.07, 6.45) is 2.79. The van der Waals surface area contributed by atoms with Gasteiger partial charge in [0.2, 0.25) is 0 Å². The van der Waals surface area contributed by atoms with E-state index in [1.54, 1.807) is 12.4 Å². The molecule has 0 bridgehead atoms. The summed E-state index contributed by atoms with van der Waals surface area (Å²) in [5, 5.41) is 4.12. The molecule has 25 heavy (non-hydrogen) atoms. The number of aromatic nitrogens is 3. The molecule has 0 spiro atoms. The zero-order chi connectivity index (χ0) is 18.0. The van der Waals surface area contributed by atoms with Crippen LogP contribution in [0.4, 0.5) is 10.6 Å². The largest absolute Gasteiger partial charge is 0.442 e. The summed E-state index contributed by atoms with van der Waals surface area (Å²) < 4.78 is 11.9. The number of carbonyl (C=O) groups is 1. The molecule has 7 heteroatoms. The van der Waals surface area contributed by atoms with Gasteiger partial charge >= 0.3 is 6.09 Å². The maximum atomic E-state index is 12.1. The van der Waals surface area contributed by atoms with Crippen LogP contribution in [0.15, 0.2) is 24.5 Å². The molecule has 1 aliphatic rings. The van der Waals surface area contributed by atoms with Crippen molar-refractivity contribution in [1.29, 1.82) is 0 Å². The van der Waals surface area contributed by atoms with Crippen LogP contribution in [-0.2, 0) is 9.47 Å². The Morgan fingerprint density at radius 1 is 1.24 bits per heavy atom. The molecule has 0 unspecified atom stereocenters. The monoisotopic (exact) mass is 344 g/mol. The van der Waals surface area contributed by atoms with E-state index >= 15 is 0 Å². The summed E-state index contributed by atoms with van der Waals surface area (Å²) in [5.41, 5.74) is 2.12. The highest BCUT2D eigenvalue weighted by Crippen LogP contribution is 2.23. The Bertz CT molecular complexity index is 758. The predicted molar refractivity (Wildman–Crippen MR) is 94.9 cm³/mol. The molecule has 3 rings (SSSR count). The van der Waals surface area contributed by atoms with Crippen LogP contribution in [0.2, 0.25) is 0 Å². The maximum Gasteiger partial charge on any atom is 0.435 e. The molecule has 1 fully saturated rings. The fourth-order valence-corrected chi connectivity index (χ4v) is 2.61. The van der Waals surface area contributed by atoms with Gasteiger partial charge in [-0.25, -0.2) is 9.78 Å². The highest BCUT2D eigenvalue weighted by molar-refractivity contribution is 5.72.